The van der Waals surface area contributed by atoms with Crippen LogP contribution in [0.15, 0.2) is 47.3 Å². The zero-order valence-electron chi connectivity index (χ0n) is 12.7. The number of nitrogens with zero attached hydrogens (tertiary/aromatic N) is 3. The van der Waals surface area contributed by atoms with Crippen LogP contribution in [0.3, 0.4) is 0 Å². The molecule has 2 N–H and O–H groups in total. The molecule has 1 amide bonds. The Bertz CT molecular complexity index is 814. The number of hydrogen-bond acceptors (Lipinski definition) is 5. The molecule has 0 saturated carbocycles. The number of carbonyl (C=O) groups is 1. The van der Waals surface area contributed by atoms with E-state index < -0.39 is 5.91 Å². The van der Waals surface area contributed by atoms with Crippen LogP contribution in [0.5, 0.6) is 0 Å². The highest BCUT2D eigenvalue weighted by atomic mass is 16.3. The molecule has 116 valence electrons. The predicted molar refractivity (Wildman–Crippen MR) is 85.2 cm³/mol. The molecule has 23 heavy (non-hydrogen) atoms. The molecular weight excluding hydrogens is 292 g/mol. The Morgan fingerprint density at radius 2 is 1.87 bits per heavy atom. The minimum absolute atomic E-state index is 0.0561. The van der Waals surface area contributed by atoms with Gasteiger partial charge < -0.3 is 10.2 Å². The molecule has 3 aromatic rings. The van der Waals surface area contributed by atoms with Crippen molar-refractivity contribution in [3.05, 3.63) is 54.3 Å². The lowest BCUT2D eigenvalue weighted by molar-refractivity contribution is -0.117. The number of carbonyl (C=O) groups excluding carboxylic acids is 1. The number of aryl methyl sites for hydroxylation is 1. The molecule has 6 heteroatoms. The fraction of sp³-hybridized carbons (Fsp3) is 0.176. The van der Waals surface area contributed by atoms with Crippen LogP contribution in [0.4, 0.5) is 0 Å². The normalized spacial score (nSPS) is 10.7. The lowest BCUT2D eigenvalue weighted by Crippen LogP contribution is -2.17. The third-order valence-corrected chi connectivity index (χ3v) is 3.44. The SMILES string of the molecule is CCc1nc(-c2ccncc2)c(-c2ccco2)nc1CC(N)=O. The summed E-state index contributed by atoms with van der Waals surface area (Å²) in [7, 11) is 0. The fourth-order valence-corrected chi connectivity index (χ4v) is 2.39. The Balaban J connectivity index is 2.23. The van der Waals surface area contributed by atoms with Gasteiger partial charge in [-0.3, -0.25) is 9.78 Å². The Kier molecular flexibility index (Phi) is 4.14. The average Bonchev–Trinajstić information content (AvgIpc) is 3.09. The van der Waals surface area contributed by atoms with Crippen LogP contribution in [-0.2, 0) is 17.6 Å². The van der Waals surface area contributed by atoms with Crippen LogP contribution in [-0.4, -0.2) is 20.9 Å². The van der Waals surface area contributed by atoms with E-state index in [4.69, 9.17) is 15.1 Å². The van der Waals surface area contributed by atoms with Crippen molar-refractivity contribution in [1.29, 1.82) is 0 Å². The van der Waals surface area contributed by atoms with Gasteiger partial charge in [0, 0.05) is 18.0 Å². The zero-order chi connectivity index (χ0) is 16.2. The summed E-state index contributed by atoms with van der Waals surface area (Å²) < 4.78 is 5.48. The first-order valence-corrected chi connectivity index (χ1v) is 7.31. The van der Waals surface area contributed by atoms with Crippen molar-refractivity contribution in [1.82, 2.24) is 15.0 Å². The Hall–Kier alpha value is -3.02. The van der Waals surface area contributed by atoms with Crippen molar-refractivity contribution in [2.24, 2.45) is 5.73 Å². The molecule has 0 spiro atoms. The first-order chi connectivity index (χ1) is 11.2. The third kappa shape index (κ3) is 3.11. The molecule has 0 bridgehead atoms. The number of amides is 1. The summed E-state index contributed by atoms with van der Waals surface area (Å²) in [6.07, 6.45) is 5.69. The van der Waals surface area contributed by atoms with Gasteiger partial charge in [0.25, 0.3) is 0 Å². The number of pyridine rings is 1. The summed E-state index contributed by atoms with van der Waals surface area (Å²) in [5.41, 5.74) is 8.85. The highest BCUT2D eigenvalue weighted by molar-refractivity contribution is 5.78. The van der Waals surface area contributed by atoms with Gasteiger partial charge in [0.05, 0.1) is 24.1 Å². The van der Waals surface area contributed by atoms with Gasteiger partial charge in [0.2, 0.25) is 5.91 Å². The minimum atomic E-state index is -0.434. The number of furan rings is 1. The molecule has 0 aliphatic carbocycles. The highest BCUT2D eigenvalue weighted by Crippen LogP contribution is 2.30. The molecule has 0 fully saturated rings. The fourth-order valence-electron chi connectivity index (χ4n) is 2.39. The number of primary amides is 1. The van der Waals surface area contributed by atoms with Gasteiger partial charge in [0.1, 0.15) is 11.4 Å². The van der Waals surface area contributed by atoms with Crippen molar-refractivity contribution in [2.45, 2.75) is 19.8 Å². The molecule has 0 unspecified atom stereocenters. The largest absolute Gasteiger partial charge is 0.463 e. The number of hydrogen-bond donors (Lipinski definition) is 1. The Morgan fingerprint density at radius 3 is 2.48 bits per heavy atom. The monoisotopic (exact) mass is 308 g/mol. The summed E-state index contributed by atoms with van der Waals surface area (Å²) in [6.45, 7) is 1.97. The summed E-state index contributed by atoms with van der Waals surface area (Å²) in [4.78, 5) is 24.7. The maximum atomic E-state index is 11.3. The van der Waals surface area contributed by atoms with Crippen LogP contribution >= 0.6 is 0 Å². The van der Waals surface area contributed by atoms with Gasteiger partial charge in [-0.2, -0.15) is 0 Å². The predicted octanol–water partition coefficient (Wildman–Crippen LogP) is 2.39. The molecule has 3 heterocycles. The van der Waals surface area contributed by atoms with Crippen LogP contribution in [0.1, 0.15) is 18.3 Å². The first kappa shape index (κ1) is 14.9. The second-order valence-corrected chi connectivity index (χ2v) is 5.02. The van der Waals surface area contributed by atoms with Crippen LogP contribution < -0.4 is 5.73 Å². The van der Waals surface area contributed by atoms with Crippen LogP contribution in [0.2, 0.25) is 0 Å². The van der Waals surface area contributed by atoms with Crippen LogP contribution in [0, 0.1) is 0 Å². The van der Waals surface area contributed by atoms with E-state index in [9.17, 15) is 4.79 Å². The Labute approximate surface area is 133 Å². The summed E-state index contributed by atoms with van der Waals surface area (Å²) >= 11 is 0. The van der Waals surface area contributed by atoms with Gasteiger partial charge >= 0.3 is 0 Å². The summed E-state index contributed by atoms with van der Waals surface area (Å²) in [5, 5.41) is 0. The van der Waals surface area contributed by atoms with Crippen molar-refractivity contribution in [3.63, 3.8) is 0 Å². The van der Waals surface area contributed by atoms with Gasteiger partial charge in [-0.1, -0.05) is 6.92 Å². The van der Waals surface area contributed by atoms with Gasteiger partial charge in [-0.15, -0.1) is 0 Å². The second kappa shape index (κ2) is 6.39. The maximum Gasteiger partial charge on any atom is 0.223 e. The third-order valence-electron chi connectivity index (χ3n) is 3.44. The molecule has 0 atom stereocenters. The number of nitrogens with two attached hydrogens (primary N) is 1. The van der Waals surface area contributed by atoms with E-state index in [1.165, 1.54) is 0 Å². The molecule has 0 aromatic carbocycles. The Morgan fingerprint density at radius 1 is 1.13 bits per heavy atom. The van der Waals surface area contributed by atoms with E-state index in [1.54, 1.807) is 24.7 Å². The molecule has 0 radical (unpaired) electrons. The molecular formula is C17H16N4O2. The average molecular weight is 308 g/mol. The number of rotatable bonds is 5. The molecule has 3 aromatic heterocycles. The minimum Gasteiger partial charge on any atom is -0.463 e. The number of aromatic nitrogens is 3. The maximum absolute atomic E-state index is 11.3. The quantitative estimate of drug-likeness (QED) is 0.781. The topological polar surface area (TPSA) is 94.9 Å². The molecule has 3 rings (SSSR count). The standard InChI is InChI=1S/C17H16N4O2/c1-2-12-13(10-15(18)22)21-17(14-4-3-9-23-14)16(20-12)11-5-7-19-8-6-11/h3-9H,2,10H2,1H3,(H2,18,22). The second-order valence-electron chi connectivity index (χ2n) is 5.02. The smallest absolute Gasteiger partial charge is 0.223 e. The van der Waals surface area contributed by atoms with Crippen molar-refractivity contribution < 1.29 is 9.21 Å². The zero-order valence-corrected chi connectivity index (χ0v) is 12.7. The summed E-state index contributed by atoms with van der Waals surface area (Å²) in [5.74, 6) is 0.161. The lowest BCUT2D eigenvalue weighted by Gasteiger charge is -2.12. The lowest BCUT2D eigenvalue weighted by atomic mass is 10.1. The summed E-state index contributed by atoms with van der Waals surface area (Å²) in [6, 6.07) is 7.33. The van der Waals surface area contributed by atoms with Crippen molar-refractivity contribution in [3.8, 4) is 22.7 Å². The van der Waals surface area contributed by atoms with E-state index in [-0.39, 0.29) is 6.42 Å². The van der Waals surface area contributed by atoms with E-state index in [0.717, 1.165) is 11.3 Å². The van der Waals surface area contributed by atoms with E-state index in [0.29, 0.717) is 29.3 Å². The molecule has 6 nitrogen and oxygen atoms in total. The van der Waals surface area contributed by atoms with Gasteiger partial charge in [-0.25, -0.2) is 9.97 Å². The van der Waals surface area contributed by atoms with Crippen LogP contribution in [0.25, 0.3) is 22.7 Å². The van der Waals surface area contributed by atoms with E-state index >= 15 is 0 Å². The molecule has 0 aliphatic rings. The van der Waals surface area contributed by atoms with E-state index in [2.05, 4.69) is 9.97 Å². The first-order valence-electron chi connectivity index (χ1n) is 7.31. The molecule has 0 saturated heterocycles. The van der Waals surface area contributed by atoms with E-state index in [1.807, 2.05) is 25.1 Å². The highest BCUT2D eigenvalue weighted by Gasteiger charge is 2.18. The van der Waals surface area contributed by atoms with Crippen molar-refractivity contribution >= 4 is 5.91 Å². The van der Waals surface area contributed by atoms with Gasteiger partial charge in [-0.05, 0) is 30.7 Å². The van der Waals surface area contributed by atoms with Crippen molar-refractivity contribution in [2.75, 3.05) is 0 Å². The molecule has 0 aliphatic heterocycles. The van der Waals surface area contributed by atoms with Gasteiger partial charge in [0.15, 0.2) is 5.76 Å².